The Morgan fingerprint density at radius 3 is 2.74 bits per heavy atom. The second-order valence-corrected chi connectivity index (χ2v) is 6.45. The van der Waals surface area contributed by atoms with Crippen LogP contribution in [0.2, 0.25) is 0 Å². The molecule has 1 atom stereocenters. The van der Waals surface area contributed by atoms with E-state index in [1.165, 1.54) is 12.1 Å². The number of benzene rings is 1. The molecule has 1 aromatic carbocycles. The van der Waals surface area contributed by atoms with E-state index in [1.54, 1.807) is 6.07 Å². The molecule has 0 spiro atoms. The second-order valence-electron chi connectivity index (χ2n) is 6.45. The molecule has 0 radical (unpaired) electrons. The fourth-order valence-electron chi connectivity index (χ4n) is 3.46. The molecule has 1 aromatic rings. The van der Waals surface area contributed by atoms with E-state index < -0.39 is 11.7 Å². The van der Waals surface area contributed by atoms with Gasteiger partial charge < -0.3 is 15.7 Å². The lowest BCUT2D eigenvalue weighted by molar-refractivity contribution is -0.127. The molecule has 3 rings (SSSR count). The van der Waals surface area contributed by atoms with Crippen molar-refractivity contribution in [1.29, 1.82) is 0 Å². The third-order valence-electron chi connectivity index (χ3n) is 4.82. The molecule has 2 aliphatic rings. The molecular weight excluding hydrogens is 299 g/mol. The molecule has 0 aromatic heterocycles. The summed E-state index contributed by atoms with van der Waals surface area (Å²) in [5.41, 5.74) is 1.04. The van der Waals surface area contributed by atoms with E-state index in [-0.39, 0.29) is 30.9 Å². The number of halogens is 1. The molecule has 2 amide bonds. The van der Waals surface area contributed by atoms with E-state index in [1.807, 2.05) is 0 Å². The average molecular weight is 320 g/mol. The van der Waals surface area contributed by atoms with E-state index in [2.05, 4.69) is 10.6 Å². The molecule has 1 saturated carbocycles. The SMILES string of the molecule is O=C1CC(C(=O)NC2CCC(CO)CC2)c2ccc(F)cc2N1. The standard InChI is InChI=1S/C17H21FN2O3/c18-11-3-6-13-14(8-16(22)20-15(13)7-11)17(23)19-12-4-1-10(9-21)2-5-12/h3,6-7,10,12,14,21H,1-2,4-5,8-9H2,(H,19,23)(H,20,22). The number of carbonyl (C=O) groups is 2. The van der Waals surface area contributed by atoms with Gasteiger partial charge in [-0.05, 0) is 49.3 Å². The lowest BCUT2D eigenvalue weighted by atomic mass is 9.85. The van der Waals surface area contributed by atoms with Gasteiger partial charge in [0.25, 0.3) is 0 Å². The van der Waals surface area contributed by atoms with Crippen LogP contribution in [-0.4, -0.2) is 29.6 Å². The van der Waals surface area contributed by atoms with Crippen molar-refractivity contribution >= 4 is 17.5 Å². The van der Waals surface area contributed by atoms with Crippen molar-refractivity contribution < 1.29 is 19.1 Å². The zero-order chi connectivity index (χ0) is 16.4. The van der Waals surface area contributed by atoms with Crippen LogP contribution in [0.5, 0.6) is 0 Å². The van der Waals surface area contributed by atoms with Gasteiger partial charge in [0.05, 0.1) is 5.92 Å². The summed E-state index contributed by atoms with van der Waals surface area (Å²) in [6.45, 7) is 0.197. The number of amides is 2. The lowest BCUT2D eigenvalue weighted by Crippen LogP contribution is -2.42. The van der Waals surface area contributed by atoms with E-state index >= 15 is 0 Å². The van der Waals surface area contributed by atoms with Crippen LogP contribution in [0.4, 0.5) is 10.1 Å². The summed E-state index contributed by atoms with van der Waals surface area (Å²) in [6, 6.07) is 4.21. The number of aliphatic hydroxyl groups is 1. The molecule has 1 heterocycles. The molecule has 1 aliphatic heterocycles. The van der Waals surface area contributed by atoms with Gasteiger partial charge in [0.15, 0.2) is 0 Å². The maximum atomic E-state index is 13.3. The van der Waals surface area contributed by atoms with Gasteiger partial charge in [-0.3, -0.25) is 9.59 Å². The van der Waals surface area contributed by atoms with E-state index in [0.29, 0.717) is 17.2 Å². The Bertz CT molecular complexity index is 612. The number of fused-ring (bicyclic) bond motifs is 1. The number of carbonyl (C=O) groups excluding carboxylic acids is 2. The summed E-state index contributed by atoms with van der Waals surface area (Å²) in [5, 5.41) is 14.8. The molecule has 3 N–H and O–H groups in total. The van der Waals surface area contributed by atoms with Crippen LogP contribution in [0.1, 0.15) is 43.6 Å². The molecule has 0 bridgehead atoms. The molecule has 1 aliphatic carbocycles. The number of rotatable bonds is 3. The van der Waals surface area contributed by atoms with Gasteiger partial charge in [0, 0.05) is 24.8 Å². The van der Waals surface area contributed by atoms with Gasteiger partial charge in [-0.15, -0.1) is 0 Å². The van der Waals surface area contributed by atoms with Gasteiger partial charge in [-0.2, -0.15) is 0 Å². The maximum absolute atomic E-state index is 13.3. The Hall–Kier alpha value is -1.95. The van der Waals surface area contributed by atoms with Crippen molar-refractivity contribution in [2.24, 2.45) is 5.92 Å². The largest absolute Gasteiger partial charge is 0.396 e. The Morgan fingerprint density at radius 2 is 2.04 bits per heavy atom. The zero-order valence-electron chi connectivity index (χ0n) is 12.8. The summed E-state index contributed by atoms with van der Waals surface area (Å²) in [4.78, 5) is 24.4. The highest BCUT2D eigenvalue weighted by Crippen LogP contribution is 2.33. The van der Waals surface area contributed by atoms with Gasteiger partial charge in [0.2, 0.25) is 11.8 Å². The molecule has 5 nitrogen and oxygen atoms in total. The first-order chi connectivity index (χ1) is 11.1. The van der Waals surface area contributed by atoms with Crippen LogP contribution in [0.3, 0.4) is 0 Å². The van der Waals surface area contributed by atoms with Gasteiger partial charge in [0.1, 0.15) is 5.82 Å². The summed E-state index contributed by atoms with van der Waals surface area (Å²) in [7, 11) is 0. The molecule has 124 valence electrons. The summed E-state index contributed by atoms with van der Waals surface area (Å²) >= 11 is 0. The Morgan fingerprint density at radius 1 is 1.30 bits per heavy atom. The highest BCUT2D eigenvalue weighted by molar-refractivity contribution is 6.01. The number of nitrogens with one attached hydrogen (secondary N) is 2. The predicted molar refractivity (Wildman–Crippen MR) is 83.4 cm³/mol. The Kier molecular flexibility index (Phi) is 4.61. The van der Waals surface area contributed by atoms with Gasteiger partial charge in [-0.25, -0.2) is 4.39 Å². The zero-order valence-corrected chi connectivity index (χ0v) is 12.8. The first-order valence-electron chi connectivity index (χ1n) is 8.07. The van der Waals surface area contributed by atoms with Crippen molar-refractivity contribution in [1.82, 2.24) is 5.32 Å². The highest BCUT2D eigenvalue weighted by Gasteiger charge is 2.32. The number of hydrogen-bond donors (Lipinski definition) is 3. The van der Waals surface area contributed by atoms with Crippen LogP contribution < -0.4 is 10.6 Å². The van der Waals surface area contributed by atoms with E-state index in [0.717, 1.165) is 25.7 Å². The molecule has 0 saturated heterocycles. The Labute approximate surface area is 134 Å². The maximum Gasteiger partial charge on any atom is 0.228 e. The van der Waals surface area contributed by atoms with Crippen LogP contribution >= 0.6 is 0 Å². The summed E-state index contributed by atoms with van der Waals surface area (Å²) in [5.74, 6) is -1.14. The van der Waals surface area contributed by atoms with Crippen LogP contribution in [-0.2, 0) is 9.59 Å². The van der Waals surface area contributed by atoms with Gasteiger partial charge >= 0.3 is 0 Å². The number of anilines is 1. The molecule has 1 fully saturated rings. The van der Waals surface area contributed by atoms with Gasteiger partial charge in [-0.1, -0.05) is 6.07 Å². The van der Waals surface area contributed by atoms with Crippen molar-refractivity contribution in [3.63, 3.8) is 0 Å². The monoisotopic (exact) mass is 320 g/mol. The third kappa shape index (κ3) is 3.52. The first kappa shape index (κ1) is 15.9. The van der Waals surface area contributed by atoms with E-state index in [9.17, 15) is 14.0 Å². The third-order valence-corrected chi connectivity index (χ3v) is 4.82. The average Bonchev–Trinajstić information content (AvgIpc) is 2.54. The smallest absolute Gasteiger partial charge is 0.228 e. The quantitative estimate of drug-likeness (QED) is 0.796. The van der Waals surface area contributed by atoms with Crippen LogP contribution in [0, 0.1) is 11.7 Å². The molecule has 1 unspecified atom stereocenters. The number of hydrogen-bond acceptors (Lipinski definition) is 3. The fraction of sp³-hybridized carbons (Fsp3) is 0.529. The second kappa shape index (κ2) is 6.66. The van der Waals surface area contributed by atoms with Crippen molar-refractivity contribution in [2.75, 3.05) is 11.9 Å². The molecule has 6 heteroatoms. The predicted octanol–water partition coefficient (Wildman–Crippen LogP) is 1.92. The van der Waals surface area contributed by atoms with Crippen LogP contribution in [0.25, 0.3) is 0 Å². The van der Waals surface area contributed by atoms with Crippen molar-refractivity contribution in [3.05, 3.63) is 29.6 Å². The first-order valence-corrected chi connectivity index (χ1v) is 8.07. The minimum Gasteiger partial charge on any atom is -0.396 e. The summed E-state index contributed by atoms with van der Waals surface area (Å²) in [6.07, 6.45) is 3.55. The molecule has 23 heavy (non-hydrogen) atoms. The Balaban J connectivity index is 1.69. The van der Waals surface area contributed by atoms with Crippen molar-refractivity contribution in [2.45, 2.75) is 44.1 Å². The van der Waals surface area contributed by atoms with Crippen molar-refractivity contribution in [3.8, 4) is 0 Å². The highest BCUT2D eigenvalue weighted by atomic mass is 19.1. The normalized spacial score (nSPS) is 27.0. The minimum atomic E-state index is -0.574. The topological polar surface area (TPSA) is 78.4 Å². The number of aliphatic hydroxyl groups excluding tert-OH is 1. The minimum absolute atomic E-state index is 0.0798. The van der Waals surface area contributed by atoms with E-state index in [4.69, 9.17) is 5.11 Å². The molecular formula is C17H21FN2O3. The lowest BCUT2D eigenvalue weighted by Gasteiger charge is -2.31. The fourth-order valence-corrected chi connectivity index (χ4v) is 3.46. The summed E-state index contributed by atoms with van der Waals surface area (Å²) < 4.78 is 13.3. The van der Waals surface area contributed by atoms with Crippen LogP contribution in [0.15, 0.2) is 18.2 Å².